The van der Waals surface area contributed by atoms with Crippen LogP contribution < -0.4 is 10.6 Å². The van der Waals surface area contributed by atoms with Gasteiger partial charge >= 0.3 is 0 Å². The summed E-state index contributed by atoms with van der Waals surface area (Å²) >= 11 is 6.11. The summed E-state index contributed by atoms with van der Waals surface area (Å²) in [4.78, 5) is 8.99. The topological polar surface area (TPSA) is 67.1 Å². The van der Waals surface area contributed by atoms with Crippen molar-refractivity contribution in [2.24, 2.45) is 4.99 Å². The van der Waals surface area contributed by atoms with Crippen LogP contribution in [0.15, 0.2) is 29.3 Å². The summed E-state index contributed by atoms with van der Waals surface area (Å²) in [6, 6.07) is 8.88. The summed E-state index contributed by atoms with van der Waals surface area (Å²) in [5, 5.41) is 12.5. The fraction of sp³-hybridized carbons (Fsp3) is 0.526. The van der Waals surface area contributed by atoms with Gasteiger partial charge < -0.3 is 10.6 Å². The third-order valence-electron chi connectivity index (χ3n) is 5.17. The van der Waals surface area contributed by atoms with E-state index in [4.69, 9.17) is 11.6 Å². The molecule has 0 bridgehead atoms. The van der Waals surface area contributed by atoms with Crippen LogP contribution in [0.2, 0.25) is 5.02 Å². The van der Waals surface area contributed by atoms with Gasteiger partial charge in [-0.25, -0.2) is 9.67 Å². The average molecular weight is 501 g/mol. The van der Waals surface area contributed by atoms with Gasteiger partial charge in [-0.05, 0) is 30.5 Å². The van der Waals surface area contributed by atoms with Crippen molar-refractivity contribution in [3.05, 3.63) is 46.5 Å². The molecule has 1 fully saturated rings. The number of fused-ring (bicyclic) bond motifs is 1. The summed E-state index contributed by atoms with van der Waals surface area (Å²) in [7, 11) is 1.82. The van der Waals surface area contributed by atoms with Gasteiger partial charge in [0.25, 0.3) is 0 Å². The van der Waals surface area contributed by atoms with Crippen molar-refractivity contribution in [1.82, 2.24) is 25.4 Å². The van der Waals surface area contributed by atoms with Crippen LogP contribution in [0.25, 0.3) is 0 Å². The Kier molecular flexibility index (Phi) is 6.62. The van der Waals surface area contributed by atoms with Gasteiger partial charge in [0.1, 0.15) is 5.82 Å². The second kappa shape index (κ2) is 8.77. The fourth-order valence-corrected chi connectivity index (χ4v) is 3.83. The average Bonchev–Trinajstić information content (AvgIpc) is 3.29. The molecule has 2 aliphatic rings. The third kappa shape index (κ3) is 4.74. The van der Waals surface area contributed by atoms with Crippen LogP contribution >= 0.6 is 35.6 Å². The van der Waals surface area contributed by atoms with Crippen molar-refractivity contribution in [1.29, 1.82) is 0 Å². The normalized spacial score (nSPS) is 24.0. The first kappa shape index (κ1) is 20.4. The van der Waals surface area contributed by atoms with E-state index in [1.54, 1.807) is 0 Å². The van der Waals surface area contributed by atoms with E-state index < -0.39 is 0 Å². The van der Waals surface area contributed by atoms with Crippen molar-refractivity contribution in [3.8, 4) is 0 Å². The zero-order chi connectivity index (χ0) is 18.1. The van der Waals surface area contributed by atoms with Crippen LogP contribution in [0, 0.1) is 0 Å². The summed E-state index contributed by atoms with van der Waals surface area (Å²) in [6.45, 7) is 2.93. The molecule has 27 heavy (non-hydrogen) atoms. The van der Waals surface area contributed by atoms with Gasteiger partial charge in [0.15, 0.2) is 11.8 Å². The lowest BCUT2D eigenvalue weighted by Crippen LogP contribution is -2.47. The molecule has 1 aromatic heterocycles. The first-order valence-electron chi connectivity index (χ1n) is 9.34. The highest BCUT2D eigenvalue weighted by molar-refractivity contribution is 14.0. The molecule has 1 aliphatic heterocycles. The smallest absolute Gasteiger partial charge is 0.191 e. The summed E-state index contributed by atoms with van der Waals surface area (Å²) < 4.78 is 2.04. The van der Waals surface area contributed by atoms with Crippen LogP contribution in [0.3, 0.4) is 0 Å². The highest BCUT2D eigenvalue weighted by atomic mass is 127. The second-order valence-electron chi connectivity index (χ2n) is 7.08. The van der Waals surface area contributed by atoms with Gasteiger partial charge in [-0.3, -0.25) is 4.99 Å². The summed E-state index contributed by atoms with van der Waals surface area (Å²) in [5.41, 5.74) is 1.29. The quantitative estimate of drug-likeness (QED) is 0.385. The SMILES string of the molecule is CCc1nc2n(n1)CC(NC(=NC)NC1CC1c1cccc(Cl)c1)CC2.I. The lowest BCUT2D eigenvalue weighted by molar-refractivity contribution is 0.392. The molecule has 0 radical (unpaired) electrons. The number of nitrogens with zero attached hydrogens (tertiary/aromatic N) is 4. The van der Waals surface area contributed by atoms with Gasteiger partial charge in [0.2, 0.25) is 0 Å². The van der Waals surface area contributed by atoms with Crippen molar-refractivity contribution < 1.29 is 0 Å². The van der Waals surface area contributed by atoms with Crippen LogP contribution in [-0.2, 0) is 19.4 Å². The lowest BCUT2D eigenvalue weighted by Gasteiger charge is -2.25. The van der Waals surface area contributed by atoms with Crippen LogP contribution in [0.4, 0.5) is 0 Å². The summed E-state index contributed by atoms with van der Waals surface area (Å²) in [6.07, 6.45) is 3.99. The molecule has 6 nitrogen and oxygen atoms in total. The monoisotopic (exact) mass is 500 g/mol. The molecule has 1 aliphatic carbocycles. The molecular formula is C19H26ClIN6. The lowest BCUT2D eigenvalue weighted by atomic mass is 10.1. The van der Waals surface area contributed by atoms with Crippen LogP contribution in [-0.4, -0.2) is 39.9 Å². The Morgan fingerprint density at radius 2 is 2.22 bits per heavy atom. The molecule has 8 heteroatoms. The number of halogens is 2. The first-order valence-corrected chi connectivity index (χ1v) is 9.72. The van der Waals surface area contributed by atoms with E-state index in [1.165, 1.54) is 5.56 Å². The number of hydrogen-bond acceptors (Lipinski definition) is 3. The maximum atomic E-state index is 6.11. The molecule has 146 valence electrons. The van der Waals surface area contributed by atoms with Crippen LogP contribution in [0.1, 0.15) is 42.9 Å². The molecule has 2 heterocycles. The molecule has 2 N–H and O–H groups in total. The molecule has 3 atom stereocenters. The van der Waals surface area contributed by atoms with E-state index in [0.717, 1.165) is 54.9 Å². The van der Waals surface area contributed by atoms with E-state index >= 15 is 0 Å². The molecule has 3 unspecified atom stereocenters. The zero-order valence-corrected chi connectivity index (χ0v) is 18.7. The number of aliphatic imine (C=N–C) groups is 1. The molecule has 1 aromatic carbocycles. The number of aromatic nitrogens is 3. The van der Waals surface area contributed by atoms with E-state index in [9.17, 15) is 0 Å². The van der Waals surface area contributed by atoms with Crippen molar-refractivity contribution >= 4 is 41.5 Å². The fourth-order valence-electron chi connectivity index (χ4n) is 3.63. The maximum absolute atomic E-state index is 6.11. The minimum Gasteiger partial charge on any atom is -0.353 e. The molecular weight excluding hydrogens is 475 g/mol. The maximum Gasteiger partial charge on any atom is 0.191 e. The van der Waals surface area contributed by atoms with Crippen molar-refractivity contribution in [2.75, 3.05) is 7.05 Å². The first-order chi connectivity index (χ1) is 12.7. The number of nitrogens with one attached hydrogen (secondary N) is 2. The molecule has 2 aromatic rings. The predicted molar refractivity (Wildman–Crippen MR) is 119 cm³/mol. The minimum atomic E-state index is 0. The van der Waals surface area contributed by atoms with Gasteiger partial charge in [0, 0.05) is 42.9 Å². The standard InChI is InChI=1S/C19H25ClN6.HI/c1-3-17-24-18-8-7-14(11-26(18)25-17)22-19(21-2)23-16-10-15(16)12-5-4-6-13(20)9-12;/h4-6,9,14-16H,3,7-8,10-11H2,1-2H3,(H2,21,22,23);1H. The molecule has 0 amide bonds. The van der Waals surface area contributed by atoms with E-state index in [-0.39, 0.29) is 24.0 Å². The third-order valence-corrected chi connectivity index (χ3v) is 5.41. The Morgan fingerprint density at radius 1 is 1.37 bits per heavy atom. The highest BCUT2D eigenvalue weighted by Gasteiger charge is 2.39. The zero-order valence-electron chi connectivity index (χ0n) is 15.7. The molecule has 0 saturated heterocycles. The summed E-state index contributed by atoms with van der Waals surface area (Å²) in [5.74, 6) is 3.41. The van der Waals surface area contributed by atoms with E-state index in [0.29, 0.717) is 18.0 Å². The number of aryl methyl sites for hydroxylation is 2. The molecule has 0 spiro atoms. The Hall–Kier alpha value is -1.35. The van der Waals surface area contributed by atoms with E-state index in [1.807, 2.05) is 23.9 Å². The van der Waals surface area contributed by atoms with Gasteiger partial charge in [0.05, 0.1) is 6.54 Å². The number of guanidine groups is 1. The Balaban J connectivity index is 0.00000210. The van der Waals surface area contributed by atoms with Crippen molar-refractivity contribution in [3.63, 3.8) is 0 Å². The predicted octanol–water partition coefficient (Wildman–Crippen LogP) is 3.15. The Bertz CT molecular complexity index is 820. The largest absolute Gasteiger partial charge is 0.353 e. The second-order valence-corrected chi connectivity index (χ2v) is 7.52. The highest BCUT2D eigenvalue weighted by Crippen LogP contribution is 2.41. The van der Waals surface area contributed by atoms with Gasteiger partial charge in [-0.15, -0.1) is 24.0 Å². The Labute approximate surface area is 182 Å². The number of rotatable bonds is 4. The number of hydrogen-bond donors (Lipinski definition) is 2. The molecule has 4 rings (SSSR count). The van der Waals surface area contributed by atoms with Crippen molar-refractivity contribution in [2.45, 2.75) is 57.2 Å². The van der Waals surface area contributed by atoms with Gasteiger partial charge in [-0.2, -0.15) is 5.10 Å². The van der Waals surface area contributed by atoms with Crippen LogP contribution in [0.5, 0.6) is 0 Å². The number of benzene rings is 1. The minimum absolute atomic E-state index is 0. The van der Waals surface area contributed by atoms with Gasteiger partial charge in [-0.1, -0.05) is 30.7 Å². The van der Waals surface area contributed by atoms with E-state index in [2.05, 4.69) is 44.8 Å². The Morgan fingerprint density at radius 3 is 2.96 bits per heavy atom. The molecule has 1 saturated carbocycles.